The van der Waals surface area contributed by atoms with Crippen molar-refractivity contribution >= 4 is 11.7 Å². The first-order valence-electron chi connectivity index (χ1n) is 5.95. The Labute approximate surface area is 106 Å². The van der Waals surface area contributed by atoms with Gasteiger partial charge in [0.1, 0.15) is 11.2 Å². The molecule has 1 aromatic rings. The van der Waals surface area contributed by atoms with Gasteiger partial charge in [0.2, 0.25) is 0 Å². The van der Waals surface area contributed by atoms with Gasteiger partial charge in [0.05, 0.1) is 6.61 Å². The molecule has 1 amide bonds. The van der Waals surface area contributed by atoms with Crippen LogP contribution in [0.15, 0.2) is 23.3 Å². The normalized spacial score (nSPS) is 23.2. The molecule has 2 heterocycles. The van der Waals surface area contributed by atoms with Crippen molar-refractivity contribution in [2.45, 2.75) is 32.9 Å². The molecule has 5 nitrogen and oxygen atoms in total. The maximum Gasteiger partial charge on any atom is 0.253 e. The van der Waals surface area contributed by atoms with Crippen molar-refractivity contribution in [3.8, 4) is 0 Å². The molecule has 96 valence electrons. The van der Waals surface area contributed by atoms with Gasteiger partial charge in [-0.1, -0.05) is 19.9 Å². The predicted molar refractivity (Wildman–Crippen MR) is 68.1 cm³/mol. The first-order chi connectivity index (χ1) is 8.47. The summed E-state index contributed by atoms with van der Waals surface area (Å²) in [6, 6.07) is 3.51. The number of rotatable bonds is 3. The highest BCUT2D eigenvalue weighted by Crippen LogP contribution is 2.26. The Kier molecular flexibility index (Phi) is 3.17. The lowest BCUT2D eigenvalue weighted by Gasteiger charge is -2.21. The molecule has 0 fully saturated rings. The maximum absolute atomic E-state index is 12.0. The van der Waals surface area contributed by atoms with Gasteiger partial charge in [0, 0.05) is 6.20 Å². The molecule has 0 radical (unpaired) electrons. The molecule has 1 aliphatic rings. The van der Waals surface area contributed by atoms with Crippen molar-refractivity contribution in [1.82, 2.24) is 10.3 Å². The summed E-state index contributed by atoms with van der Waals surface area (Å²) in [6.45, 7) is 5.71. The summed E-state index contributed by atoms with van der Waals surface area (Å²) in [5.41, 5.74) is 0.618. The Morgan fingerprint density at radius 1 is 1.44 bits per heavy atom. The molecule has 1 unspecified atom stereocenters. The molecule has 0 bridgehead atoms. The van der Waals surface area contributed by atoms with Gasteiger partial charge in [-0.2, -0.15) is 0 Å². The molecule has 0 saturated heterocycles. The lowest BCUT2D eigenvalue weighted by molar-refractivity contribution is -0.124. The molecule has 0 aliphatic carbocycles. The fourth-order valence-electron chi connectivity index (χ4n) is 1.72. The van der Waals surface area contributed by atoms with Gasteiger partial charge in [-0.15, -0.1) is 0 Å². The van der Waals surface area contributed by atoms with E-state index in [4.69, 9.17) is 5.11 Å². The number of amides is 1. The van der Waals surface area contributed by atoms with Crippen molar-refractivity contribution in [3.05, 3.63) is 29.6 Å². The largest absolute Gasteiger partial charge is 0.392 e. The van der Waals surface area contributed by atoms with Crippen LogP contribution in [0.4, 0.5) is 0 Å². The second-order valence-corrected chi connectivity index (χ2v) is 4.93. The van der Waals surface area contributed by atoms with E-state index in [0.717, 1.165) is 5.56 Å². The van der Waals surface area contributed by atoms with Gasteiger partial charge < -0.3 is 10.4 Å². The Morgan fingerprint density at radius 3 is 2.61 bits per heavy atom. The molecule has 2 rings (SSSR count). The number of aromatic nitrogens is 1. The quantitative estimate of drug-likeness (QED) is 0.832. The average molecular weight is 247 g/mol. The lowest BCUT2D eigenvalue weighted by atomic mass is 9.89. The number of nitrogens with one attached hydrogen (secondary N) is 1. The van der Waals surface area contributed by atoms with Crippen LogP contribution in [0.5, 0.6) is 0 Å². The fraction of sp³-hybridized carbons (Fsp3) is 0.462. The topological polar surface area (TPSA) is 74.6 Å². The summed E-state index contributed by atoms with van der Waals surface area (Å²) in [5.74, 6) is 0.521. The highest BCUT2D eigenvalue weighted by atomic mass is 16.3. The summed E-state index contributed by atoms with van der Waals surface area (Å²) in [7, 11) is 0. The van der Waals surface area contributed by atoms with Crippen LogP contribution in [0.3, 0.4) is 0 Å². The first kappa shape index (κ1) is 12.7. The van der Waals surface area contributed by atoms with Crippen molar-refractivity contribution in [2.75, 3.05) is 0 Å². The van der Waals surface area contributed by atoms with Crippen LogP contribution in [0, 0.1) is 5.92 Å². The second kappa shape index (κ2) is 4.49. The number of pyridine rings is 1. The molecular formula is C13H17N3O2. The molecule has 0 spiro atoms. The van der Waals surface area contributed by atoms with Crippen LogP contribution in [-0.4, -0.2) is 27.4 Å². The number of nitrogens with zero attached hydrogens (tertiary/aromatic N) is 2. The number of hydrogen-bond acceptors (Lipinski definition) is 4. The van der Waals surface area contributed by atoms with E-state index in [2.05, 4.69) is 15.3 Å². The van der Waals surface area contributed by atoms with Crippen LogP contribution in [0.1, 0.15) is 32.0 Å². The molecule has 1 aromatic heterocycles. The smallest absolute Gasteiger partial charge is 0.253 e. The molecular weight excluding hydrogens is 230 g/mol. The van der Waals surface area contributed by atoms with Crippen molar-refractivity contribution in [3.63, 3.8) is 0 Å². The van der Waals surface area contributed by atoms with Gasteiger partial charge in [-0.25, -0.2) is 4.99 Å². The van der Waals surface area contributed by atoms with E-state index in [1.807, 2.05) is 20.8 Å². The summed E-state index contributed by atoms with van der Waals surface area (Å²) in [4.78, 5) is 20.6. The number of aliphatic hydroxyl groups excluding tert-OH is 1. The molecule has 0 aromatic carbocycles. The van der Waals surface area contributed by atoms with Gasteiger partial charge in [0.15, 0.2) is 5.84 Å². The summed E-state index contributed by atoms with van der Waals surface area (Å²) in [5, 5.41) is 11.7. The van der Waals surface area contributed by atoms with Gasteiger partial charge in [0.25, 0.3) is 5.91 Å². The van der Waals surface area contributed by atoms with Crippen LogP contribution in [-0.2, 0) is 11.4 Å². The van der Waals surface area contributed by atoms with E-state index >= 15 is 0 Å². The zero-order chi connectivity index (χ0) is 13.3. The lowest BCUT2D eigenvalue weighted by Crippen LogP contribution is -2.41. The zero-order valence-corrected chi connectivity index (χ0v) is 10.8. The minimum atomic E-state index is -0.730. The van der Waals surface area contributed by atoms with E-state index in [0.29, 0.717) is 11.5 Å². The minimum Gasteiger partial charge on any atom is -0.392 e. The summed E-state index contributed by atoms with van der Waals surface area (Å²) >= 11 is 0. The summed E-state index contributed by atoms with van der Waals surface area (Å²) in [6.07, 6.45) is 1.58. The molecule has 5 heteroatoms. The fourth-order valence-corrected chi connectivity index (χ4v) is 1.72. The van der Waals surface area contributed by atoms with E-state index in [-0.39, 0.29) is 18.4 Å². The molecule has 18 heavy (non-hydrogen) atoms. The molecule has 1 atom stereocenters. The van der Waals surface area contributed by atoms with Crippen LogP contribution < -0.4 is 5.32 Å². The number of amidine groups is 1. The highest BCUT2D eigenvalue weighted by molar-refractivity contribution is 6.14. The number of hydrogen-bond donors (Lipinski definition) is 2. The van der Waals surface area contributed by atoms with Crippen LogP contribution in [0.25, 0.3) is 0 Å². The number of carbonyl (C=O) groups excluding carboxylic acids is 1. The third-order valence-electron chi connectivity index (χ3n) is 3.41. The van der Waals surface area contributed by atoms with Crippen molar-refractivity contribution < 1.29 is 9.90 Å². The third kappa shape index (κ3) is 2.01. The summed E-state index contributed by atoms with van der Waals surface area (Å²) < 4.78 is 0. The average Bonchev–Trinajstić information content (AvgIpc) is 2.67. The van der Waals surface area contributed by atoms with E-state index in [9.17, 15) is 4.79 Å². The van der Waals surface area contributed by atoms with E-state index < -0.39 is 5.54 Å². The van der Waals surface area contributed by atoms with Gasteiger partial charge in [-0.3, -0.25) is 9.78 Å². The molecule has 1 aliphatic heterocycles. The number of aliphatic hydroxyl groups is 1. The minimum absolute atomic E-state index is 0.0458. The number of carbonyl (C=O) groups is 1. The van der Waals surface area contributed by atoms with Crippen molar-refractivity contribution in [1.29, 1.82) is 0 Å². The van der Waals surface area contributed by atoms with Gasteiger partial charge >= 0.3 is 0 Å². The molecule has 2 N–H and O–H groups in total. The Balaban J connectivity index is 2.32. The standard InChI is InChI=1S/C13H17N3O2/c1-8(2)13(3)12(18)15-11(16-13)10-5-4-9(7-17)6-14-10/h4-6,8,17H,7H2,1-3H3,(H,15,16,18). The van der Waals surface area contributed by atoms with Crippen LogP contribution >= 0.6 is 0 Å². The zero-order valence-electron chi connectivity index (χ0n) is 10.8. The van der Waals surface area contributed by atoms with Crippen LogP contribution in [0.2, 0.25) is 0 Å². The Morgan fingerprint density at radius 2 is 2.17 bits per heavy atom. The van der Waals surface area contributed by atoms with E-state index in [1.165, 1.54) is 0 Å². The monoisotopic (exact) mass is 247 g/mol. The molecule has 0 saturated carbocycles. The first-order valence-corrected chi connectivity index (χ1v) is 5.95. The second-order valence-electron chi connectivity index (χ2n) is 4.93. The predicted octanol–water partition coefficient (Wildman–Crippen LogP) is 0.865. The van der Waals surface area contributed by atoms with Crippen molar-refractivity contribution in [2.24, 2.45) is 10.9 Å². The SMILES string of the molecule is CC(C)C1(C)N=C(c2ccc(CO)cn2)NC1=O. The highest BCUT2D eigenvalue weighted by Gasteiger charge is 2.42. The maximum atomic E-state index is 12.0. The third-order valence-corrected chi connectivity index (χ3v) is 3.41. The van der Waals surface area contributed by atoms with E-state index in [1.54, 1.807) is 18.3 Å². The number of aliphatic imine (C=N–C) groups is 1. The Hall–Kier alpha value is -1.75. The Bertz CT molecular complexity index is 493. The van der Waals surface area contributed by atoms with Gasteiger partial charge in [-0.05, 0) is 24.5 Å².